The molecule has 0 atom stereocenters. The molecule has 0 unspecified atom stereocenters. The first-order valence-corrected chi connectivity index (χ1v) is 6.04. The number of rotatable bonds is 5. The van der Waals surface area contributed by atoms with Gasteiger partial charge < -0.3 is 10.2 Å². The quantitative estimate of drug-likeness (QED) is 0.904. The minimum atomic E-state index is 0.637. The summed E-state index contributed by atoms with van der Waals surface area (Å²) in [6.07, 6.45) is 1.64. The van der Waals surface area contributed by atoms with Crippen LogP contribution in [0.1, 0.15) is 6.92 Å². The molecule has 0 aromatic carbocycles. The summed E-state index contributed by atoms with van der Waals surface area (Å²) in [6, 6.07) is 1.83. The van der Waals surface area contributed by atoms with Crippen molar-refractivity contribution in [1.29, 1.82) is 0 Å². The molecule has 0 aliphatic carbocycles. The molecule has 1 rings (SSSR count). The van der Waals surface area contributed by atoms with Gasteiger partial charge in [0.2, 0.25) is 0 Å². The second kappa shape index (κ2) is 6.30. The van der Waals surface area contributed by atoms with Crippen molar-refractivity contribution in [3.05, 3.63) is 21.8 Å². The molecule has 1 aromatic rings. The van der Waals surface area contributed by atoms with Crippen molar-refractivity contribution < 1.29 is 0 Å². The highest BCUT2D eigenvalue weighted by Gasteiger charge is 2.01. The summed E-state index contributed by atoms with van der Waals surface area (Å²) in [5.41, 5.74) is 0. The molecule has 0 fully saturated rings. The zero-order chi connectivity index (χ0) is 11.3. The number of nitrogens with zero attached hydrogens (tertiary/aromatic N) is 2. The summed E-state index contributed by atoms with van der Waals surface area (Å²) in [5, 5.41) is 3.88. The van der Waals surface area contributed by atoms with Gasteiger partial charge in [-0.15, -0.1) is 0 Å². The highest BCUT2D eigenvalue weighted by molar-refractivity contribution is 9.10. The van der Waals surface area contributed by atoms with Crippen molar-refractivity contribution in [2.24, 2.45) is 0 Å². The third kappa shape index (κ3) is 4.36. The van der Waals surface area contributed by atoms with Crippen LogP contribution in [0.4, 0.5) is 5.82 Å². The van der Waals surface area contributed by atoms with Crippen LogP contribution in [0.25, 0.3) is 0 Å². The molecule has 0 aliphatic rings. The van der Waals surface area contributed by atoms with Crippen LogP contribution in [0.3, 0.4) is 0 Å². The maximum atomic E-state index is 5.80. The summed E-state index contributed by atoms with van der Waals surface area (Å²) in [7, 11) is 2.09. The van der Waals surface area contributed by atoms with Gasteiger partial charge in [0.25, 0.3) is 0 Å². The Bertz CT molecular complexity index is 320. The smallest absolute Gasteiger partial charge is 0.140 e. The van der Waals surface area contributed by atoms with Crippen LogP contribution < -0.4 is 5.32 Å². The fourth-order valence-corrected chi connectivity index (χ4v) is 1.85. The lowest BCUT2D eigenvalue weighted by Gasteiger charge is -2.14. The van der Waals surface area contributed by atoms with Gasteiger partial charge in [-0.1, -0.05) is 18.5 Å². The van der Waals surface area contributed by atoms with Crippen LogP contribution in [0.15, 0.2) is 16.7 Å². The van der Waals surface area contributed by atoms with Crippen LogP contribution in [0.2, 0.25) is 5.02 Å². The zero-order valence-electron chi connectivity index (χ0n) is 8.93. The van der Waals surface area contributed by atoms with Crippen LogP contribution >= 0.6 is 27.5 Å². The summed E-state index contributed by atoms with van der Waals surface area (Å²) >= 11 is 9.20. The molecule has 15 heavy (non-hydrogen) atoms. The number of nitrogens with one attached hydrogen (secondary N) is 1. The molecule has 0 saturated carbocycles. The highest BCUT2D eigenvalue weighted by atomic mass is 79.9. The van der Waals surface area contributed by atoms with E-state index in [1.807, 2.05) is 6.07 Å². The lowest BCUT2D eigenvalue weighted by atomic mass is 10.4. The SMILES string of the molecule is CCN(C)CCNc1ncc(Cl)cc1Br. The summed E-state index contributed by atoms with van der Waals surface area (Å²) in [6.45, 7) is 5.05. The van der Waals surface area contributed by atoms with Crippen LogP contribution in [0.5, 0.6) is 0 Å². The molecule has 0 aliphatic heterocycles. The predicted molar refractivity (Wildman–Crippen MR) is 68.6 cm³/mol. The Kier molecular flexibility index (Phi) is 5.36. The maximum Gasteiger partial charge on any atom is 0.140 e. The zero-order valence-corrected chi connectivity index (χ0v) is 11.3. The van der Waals surface area contributed by atoms with Crippen molar-refractivity contribution >= 4 is 33.3 Å². The lowest BCUT2D eigenvalue weighted by molar-refractivity contribution is 0.367. The Balaban J connectivity index is 2.44. The van der Waals surface area contributed by atoms with E-state index in [1.54, 1.807) is 6.20 Å². The largest absolute Gasteiger partial charge is 0.368 e. The van der Waals surface area contributed by atoms with Crippen molar-refractivity contribution in [3.8, 4) is 0 Å². The van der Waals surface area contributed by atoms with Gasteiger partial charge in [0.15, 0.2) is 0 Å². The summed E-state index contributed by atoms with van der Waals surface area (Å²) in [4.78, 5) is 6.42. The first kappa shape index (κ1) is 12.7. The van der Waals surface area contributed by atoms with E-state index in [9.17, 15) is 0 Å². The number of hydrogen-bond acceptors (Lipinski definition) is 3. The molecule has 3 nitrogen and oxygen atoms in total. The van der Waals surface area contributed by atoms with Gasteiger partial charge in [0.05, 0.1) is 9.50 Å². The third-order valence-corrected chi connectivity index (χ3v) is 2.94. The standard InChI is InChI=1S/C10H15BrClN3/c1-3-15(2)5-4-13-10-9(11)6-8(12)7-14-10/h6-7H,3-5H2,1-2H3,(H,13,14). The molecule has 0 bridgehead atoms. The van der Waals surface area contributed by atoms with E-state index in [1.165, 1.54) is 0 Å². The predicted octanol–water partition coefficient (Wildman–Crippen LogP) is 2.86. The molecule has 0 amide bonds. The van der Waals surface area contributed by atoms with E-state index in [0.29, 0.717) is 5.02 Å². The van der Waals surface area contributed by atoms with Crippen LogP contribution in [0, 0.1) is 0 Å². The van der Waals surface area contributed by atoms with Crippen LogP contribution in [-0.2, 0) is 0 Å². The Hall–Kier alpha value is -0.320. The van der Waals surface area contributed by atoms with Crippen molar-refractivity contribution in [2.45, 2.75) is 6.92 Å². The average Bonchev–Trinajstić information content (AvgIpc) is 2.21. The van der Waals surface area contributed by atoms with Gasteiger partial charge in [-0.2, -0.15) is 0 Å². The fourth-order valence-electron chi connectivity index (χ4n) is 1.07. The van der Waals surface area contributed by atoms with Gasteiger partial charge in [0, 0.05) is 19.3 Å². The van der Waals surface area contributed by atoms with Gasteiger partial charge in [-0.05, 0) is 35.6 Å². The van der Waals surface area contributed by atoms with E-state index in [0.717, 1.165) is 29.9 Å². The Morgan fingerprint density at radius 3 is 2.93 bits per heavy atom. The second-order valence-electron chi connectivity index (χ2n) is 3.31. The molecule has 1 N–H and O–H groups in total. The molecule has 0 radical (unpaired) electrons. The molecule has 0 spiro atoms. The average molecular weight is 293 g/mol. The molecule has 0 saturated heterocycles. The first-order chi connectivity index (χ1) is 7.13. The molecule has 1 heterocycles. The number of hydrogen-bond donors (Lipinski definition) is 1. The minimum absolute atomic E-state index is 0.637. The topological polar surface area (TPSA) is 28.2 Å². The Labute approximate surface area is 104 Å². The third-order valence-electron chi connectivity index (χ3n) is 2.13. The maximum absolute atomic E-state index is 5.80. The Morgan fingerprint density at radius 2 is 2.33 bits per heavy atom. The molecular formula is C10H15BrClN3. The number of anilines is 1. The monoisotopic (exact) mass is 291 g/mol. The van der Waals surface area contributed by atoms with E-state index >= 15 is 0 Å². The van der Waals surface area contributed by atoms with Crippen molar-refractivity contribution in [3.63, 3.8) is 0 Å². The first-order valence-electron chi connectivity index (χ1n) is 4.87. The van der Waals surface area contributed by atoms with Gasteiger partial charge in [0.1, 0.15) is 5.82 Å². The number of pyridine rings is 1. The van der Waals surface area contributed by atoms with Crippen LogP contribution in [-0.4, -0.2) is 36.6 Å². The fraction of sp³-hybridized carbons (Fsp3) is 0.500. The summed E-state index contributed by atoms with van der Waals surface area (Å²) < 4.78 is 0.897. The van der Waals surface area contributed by atoms with E-state index in [2.05, 4.69) is 45.1 Å². The van der Waals surface area contributed by atoms with Crippen molar-refractivity contribution in [2.75, 3.05) is 32.0 Å². The normalized spacial score (nSPS) is 10.7. The molecule has 5 heteroatoms. The molecular weight excluding hydrogens is 277 g/mol. The summed E-state index contributed by atoms with van der Waals surface area (Å²) in [5.74, 6) is 0.837. The number of likely N-dealkylation sites (N-methyl/N-ethyl adjacent to an activating group) is 1. The highest BCUT2D eigenvalue weighted by Crippen LogP contribution is 2.22. The van der Waals surface area contributed by atoms with E-state index in [-0.39, 0.29) is 0 Å². The second-order valence-corrected chi connectivity index (χ2v) is 4.60. The van der Waals surface area contributed by atoms with E-state index < -0.39 is 0 Å². The van der Waals surface area contributed by atoms with E-state index in [4.69, 9.17) is 11.6 Å². The van der Waals surface area contributed by atoms with Gasteiger partial charge in [-0.25, -0.2) is 4.98 Å². The van der Waals surface area contributed by atoms with Crippen molar-refractivity contribution in [1.82, 2.24) is 9.88 Å². The molecule has 1 aromatic heterocycles. The number of aromatic nitrogens is 1. The Morgan fingerprint density at radius 1 is 1.60 bits per heavy atom. The van der Waals surface area contributed by atoms with Gasteiger partial charge in [-0.3, -0.25) is 0 Å². The van der Waals surface area contributed by atoms with Gasteiger partial charge >= 0.3 is 0 Å². The minimum Gasteiger partial charge on any atom is -0.368 e. The number of halogens is 2. The molecule has 84 valence electrons. The lowest BCUT2D eigenvalue weighted by Crippen LogP contribution is -2.25.